The Morgan fingerprint density at radius 3 is 2.76 bits per heavy atom. The molecule has 25 heavy (non-hydrogen) atoms. The van der Waals surface area contributed by atoms with Crippen molar-refractivity contribution in [1.82, 2.24) is 9.97 Å². The van der Waals surface area contributed by atoms with E-state index in [4.69, 9.17) is 14.9 Å². The molecule has 0 spiro atoms. The number of hydrogen-bond acceptors (Lipinski definition) is 7. The first-order chi connectivity index (χ1) is 11.9. The van der Waals surface area contributed by atoms with Gasteiger partial charge < -0.3 is 14.9 Å². The first-order valence-corrected chi connectivity index (χ1v) is 8.30. The normalized spacial score (nSPS) is 10.8. The van der Waals surface area contributed by atoms with Gasteiger partial charge in [-0.05, 0) is 18.6 Å². The maximum atomic E-state index is 12.4. The zero-order valence-electron chi connectivity index (χ0n) is 13.9. The molecule has 0 unspecified atom stereocenters. The molecule has 130 valence electrons. The molecule has 3 N–H and O–H groups in total. The van der Waals surface area contributed by atoms with E-state index in [2.05, 4.69) is 15.3 Å². The zero-order valence-corrected chi connectivity index (χ0v) is 14.7. The van der Waals surface area contributed by atoms with Crippen molar-refractivity contribution in [2.75, 3.05) is 12.4 Å². The van der Waals surface area contributed by atoms with Crippen molar-refractivity contribution in [2.45, 2.75) is 20.3 Å². The number of aromatic nitrogens is 2. The number of carbonyl (C=O) groups is 2. The smallest absolute Gasteiger partial charge is 0.295 e. The van der Waals surface area contributed by atoms with Gasteiger partial charge in [0.1, 0.15) is 11.3 Å². The molecular weight excluding hydrogens is 344 g/mol. The number of nitrogens with one attached hydrogen (secondary N) is 1. The van der Waals surface area contributed by atoms with Gasteiger partial charge in [-0.15, -0.1) is 0 Å². The van der Waals surface area contributed by atoms with Crippen LogP contribution in [0.15, 0.2) is 16.5 Å². The third-order valence-electron chi connectivity index (χ3n) is 3.53. The number of rotatable bonds is 5. The lowest BCUT2D eigenvalue weighted by atomic mass is 10.2. The highest BCUT2D eigenvalue weighted by Crippen LogP contribution is 2.34. The van der Waals surface area contributed by atoms with Crippen molar-refractivity contribution >= 4 is 38.5 Å². The van der Waals surface area contributed by atoms with Gasteiger partial charge in [0, 0.05) is 12.5 Å². The van der Waals surface area contributed by atoms with Gasteiger partial charge in [0.2, 0.25) is 11.7 Å². The summed E-state index contributed by atoms with van der Waals surface area (Å²) in [6.07, 6.45) is 0.579. The molecule has 0 fully saturated rings. The van der Waals surface area contributed by atoms with E-state index in [1.807, 2.05) is 6.92 Å². The highest BCUT2D eigenvalue weighted by Gasteiger charge is 2.20. The predicted molar refractivity (Wildman–Crippen MR) is 93.3 cm³/mol. The van der Waals surface area contributed by atoms with E-state index >= 15 is 0 Å². The Morgan fingerprint density at radius 1 is 1.36 bits per heavy atom. The average Bonchev–Trinajstić information content (AvgIpc) is 3.15. The lowest BCUT2D eigenvalue weighted by Gasteiger charge is -2.02. The summed E-state index contributed by atoms with van der Waals surface area (Å²) in [5, 5.41) is 3.06. The van der Waals surface area contributed by atoms with Crippen LogP contribution in [0.1, 0.15) is 39.4 Å². The molecule has 0 saturated carbocycles. The van der Waals surface area contributed by atoms with Crippen LogP contribution in [-0.4, -0.2) is 28.9 Å². The number of primary amides is 1. The summed E-state index contributed by atoms with van der Waals surface area (Å²) in [6, 6.07) is 3.13. The summed E-state index contributed by atoms with van der Waals surface area (Å²) >= 11 is 1.21. The quantitative estimate of drug-likeness (QED) is 0.721. The number of aryl methyl sites for hydroxylation is 2. The standard InChI is InChI=1S/C16H16N4O4S/c1-4-9-13(24-7(2)18-9)15(22)20-16-19-12-10(23-3)5-8(14(17)21)6-11(12)25-16/h5-6H,4H2,1-3H3,(H2,17,21)(H,19,20,22). The van der Waals surface area contributed by atoms with Gasteiger partial charge in [0.25, 0.3) is 5.91 Å². The third-order valence-corrected chi connectivity index (χ3v) is 4.45. The van der Waals surface area contributed by atoms with Gasteiger partial charge in [-0.25, -0.2) is 9.97 Å². The van der Waals surface area contributed by atoms with E-state index in [9.17, 15) is 9.59 Å². The van der Waals surface area contributed by atoms with E-state index in [0.29, 0.717) is 44.7 Å². The number of benzene rings is 1. The third kappa shape index (κ3) is 3.18. The second-order valence-corrected chi connectivity index (χ2v) is 6.26. The Labute approximate surface area is 147 Å². The first kappa shape index (κ1) is 16.9. The summed E-state index contributed by atoms with van der Waals surface area (Å²) < 4.78 is 11.3. The number of hydrogen-bond donors (Lipinski definition) is 2. The lowest BCUT2D eigenvalue weighted by Crippen LogP contribution is -2.12. The minimum Gasteiger partial charge on any atom is -0.494 e. The molecule has 2 aromatic heterocycles. The highest BCUT2D eigenvalue weighted by molar-refractivity contribution is 7.22. The molecule has 0 aliphatic heterocycles. The largest absolute Gasteiger partial charge is 0.494 e. The molecule has 0 atom stereocenters. The Balaban J connectivity index is 1.96. The monoisotopic (exact) mass is 360 g/mol. The molecule has 0 bridgehead atoms. The van der Waals surface area contributed by atoms with Crippen LogP contribution in [-0.2, 0) is 6.42 Å². The molecule has 3 aromatic rings. The minimum atomic E-state index is -0.566. The van der Waals surface area contributed by atoms with E-state index in [0.717, 1.165) is 0 Å². The number of oxazole rings is 1. The number of thiazole rings is 1. The van der Waals surface area contributed by atoms with Crippen molar-refractivity contribution in [1.29, 1.82) is 0 Å². The number of carbonyl (C=O) groups excluding carboxylic acids is 2. The molecule has 9 heteroatoms. The van der Waals surface area contributed by atoms with Crippen molar-refractivity contribution in [2.24, 2.45) is 5.73 Å². The van der Waals surface area contributed by atoms with Gasteiger partial charge in [-0.3, -0.25) is 14.9 Å². The molecule has 0 aliphatic carbocycles. The van der Waals surface area contributed by atoms with Crippen LogP contribution in [0.3, 0.4) is 0 Å². The van der Waals surface area contributed by atoms with Gasteiger partial charge in [-0.2, -0.15) is 0 Å². The van der Waals surface area contributed by atoms with Crippen LogP contribution >= 0.6 is 11.3 Å². The SMILES string of the molecule is CCc1nc(C)oc1C(=O)Nc1nc2c(OC)cc(C(N)=O)cc2s1. The van der Waals surface area contributed by atoms with Crippen LogP contribution in [0.5, 0.6) is 5.75 Å². The van der Waals surface area contributed by atoms with Gasteiger partial charge in [-0.1, -0.05) is 18.3 Å². The maximum absolute atomic E-state index is 12.4. The molecule has 1 aromatic carbocycles. The Kier molecular flexibility index (Phi) is 4.41. The Bertz CT molecular complexity index is 976. The van der Waals surface area contributed by atoms with Crippen LogP contribution in [0.4, 0.5) is 5.13 Å². The van der Waals surface area contributed by atoms with E-state index in [-0.39, 0.29) is 5.76 Å². The summed E-state index contributed by atoms with van der Waals surface area (Å²) in [7, 11) is 1.47. The average molecular weight is 360 g/mol. The fourth-order valence-corrected chi connectivity index (χ4v) is 3.31. The highest BCUT2D eigenvalue weighted by atomic mass is 32.1. The van der Waals surface area contributed by atoms with Crippen LogP contribution in [0.2, 0.25) is 0 Å². The molecule has 2 heterocycles. The van der Waals surface area contributed by atoms with Crippen molar-refractivity contribution in [3.63, 3.8) is 0 Å². The van der Waals surface area contributed by atoms with Crippen molar-refractivity contribution < 1.29 is 18.7 Å². The number of anilines is 1. The molecule has 0 saturated heterocycles. The van der Waals surface area contributed by atoms with Crippen LogP contribution in [0, 0.1) is 6.92 Å². The second kappa shape index (κ2) is 6.52. The number of ether oxygens (including phenoxy) is 1. The van der Waals surface area contributed by atoms with Gasteiger partial charge >= 0.3 is 0 Å². The Morgan fingerprint density at radius 2 is 2.12 bits per heavy atom. The van der Waals surface area contributed by atoms with E-state index in [1.54, 1.807) is 13.0 Å². The molecule has 0 aliphatic rings. The van der Waals surface area contributed by atoms with E-state index in [1.165, 1.54) is 24.5 Å². The summed E-state index contributed by atoms with van der Waals surface area (Å²) in [6.45, 7) is 3.58. The number of methoxy groups -OCH3 is 1. The topological polar surface area (TPSA) is 120 Å². The fourth-order valence-electron chi connectivity index (χ4n) is 2.39. The van der Waals surface area contributed by atoms with E-state index < -0.39 is 11.8 Å². The molecule has 3 rings (SSSR count). The fraction of sp³-hybridized carbons (Fsp3) is 0.250. The minimum absolute atomic E-state index is 0.170. The predicted octanol–water partition coefficient (Wildman–Crippen LogP) is 2.51. The van der Waals surface area contributed by atoms with Crippen molar-refractivity contribution in [3.8, 4) is 5.75 Å². The number of amides is 2. The molecular formula is C16H16N4O4S. The van der Waals surface area contributed by atoms with Gasteiger partial charge in [0.05, 0.1) is 17.5 Å². The number of nitrogens with zero attached hydrogens (tertiary/aromatic N) is 2. The van der Waals surface area contributed by atoms with Crippen molar-refractivity contribution in [3.05, 3.63) is 35.0 Å². The number of fused-ring (bicyclic) bond motifs is 1. The lowest BCUT2D eigenvalue weighted by molar-refractivity contribution is 0.0989. The summed E-state index contributed by atoms with van der Waals surface area (Å²) in [4.78, 5) is 32.4. The molecule has 2 amide bonds. The molecule has 0 radical (unpaired) electrons. The Hall–Kier alpha value is -2.94. The zero-order chi connectivity index (χ0) is 18.1. The van der Waals surface area contributed by atoms with Crippen LogP contribution < -0.4 is 15.8 Å². The summed E-state index contributed by atoms with van der Waals surface area (Å²) in [5.74, 6) is 0.0189. The second-order valence-electron chi connectivity index (χ2n) is 5.22. The first-order valence-electron chi connectivity index (χ1n) is 7.49. The van der Waals surface area contributed by atoms with Crippen LogP contribution in [0.25, 0.3) is 10.2 Å². The maximum Gasteiger partial charge on any atom is 0.295 e. The number of nitrogens with two attached hydrogens (primary N) is 1. The molecule has 8 nitrogen and oxygen atoms in total. The van der Waals surface area contributed by atoms with Gasteiger partial charge in [0.15, 0.2) is 11.0 Å². The summed E-state index contributed by atoms with van der Waals surface area (Å²) in [5.41, 5.74) is 6.76.